The number of sulfonamides is 1. The Kier molecular flexibility index (Phi) is 3.30. The number of esters is 1. The molecule has 8 nitrogen and oxygen atoms in total. The lowest BCUT2D eigenvalue weighted by molar-refractivity contribution is -0.151. The topological polar surface area (TPSA) is 111 Å². The highest BCUT2D eigenvalue weighted by Crippen LogP contribution is 2.44. The first-order chi connectivity index (χ1) is 9.79. The van der Waals surface area contributed by atoms with Gasteiger partial charge in [0.15, 0.2) is 0 Å². The zero-order chi connectivity index (χ0) is 15.4. The Bertz CT molecular complexity index is 615. The Morgan fingerprint density at radius 3 is 2.86 bits per heavy atom. The van der Waals surface area contributed by atoms with E-state index in [1.165, 1.54) is 6.92 Å². The second-order valence-corrected chi connectivity index (χ2v) is 7.45. The van der Waals surface area contributed by atoms with Gasteiger partial charge in [0, 0.05) is 5.57 Å². The van der Waals surface area contributed by atoms with Crippen LogP contribution in [0.15, 0.2) is 12.2 Å². The van der Waals surface area contributed by atoms with Gasteiger partial charge in [-0.05, 0) is 13.3 Å². The Morgan fingerprint density at radius 2 is 2.19 bits per heavy atom. The summed E-state index contributed by atoms with van der Waals surface area (Å²) in [6.07, 6.45) is -1.18. The summed E-state index contributed by atoms with van der Waals surface area (Å²) in [6, 6.07) is -0.528. The van der Waals surface area contributed by atoms with Crippen molar-refractivity contribution in [1.82, 2.24) is 10.0 Å². The van der Waals surface area contributed by atoms with E-state index in [-0.39, 0.29) is 12.1 Å². The number of hydrogen-bond acceptors (Lipinski definition) is 6. The Hall–Kier alpha value is -1.45. The average Bonchev–Trinajstić information content (AvgIpc) is 2.99. The molecule has 5 unspecified atom stereocenters. The summed E-state index contributed by atoms with van der Waals surface area (Å²) in [5.74, 6) is -1.06. The molecule has 0 aromatic heterocycles. The quantitative estimate of drug-likeness (QED) is 0.479. The molecule has 0 aromatic carbocycles. The van der Waals surface area contributed by atoms with Crippen molar-refractivity contribution in [3.05, 3.63) is 12.2 Å². The molecule has 0 saturated carbocycles. The summed E-state index contributed by atoms with van der Waals surface area (Å²) >= 11 is 0. The highest BCUT2D eigenvalue weighted by molar-refractivity contribution is 7.90. The first-order valence-corrected chi connectivity index (χ1v) is 8.14. The van der Waals surface area contributed by atoms with Crippen LogP contribution in [0.1, 0.15) is 13.3 Å². The van der Waals surface area contributed by atoms with Gasteiger partial charge in [0.25, 0.3) is 0 Å². The van der Waals surface area contributed by atoms with Crippen molar-refractivity contribution >= 4 is 21.9 Å². The maximum Gasteiger partial charge on any atom is 0.325 e. The molecule has 3 fully saturated rings. The fourth-order valence-corrected chi connectivity index (χ4v) is 4.87. The van der Waals surface area contributed by atoms with Gasteiger partial charge >= 0.3 is 5.97 Å². The Morgan fingerprint density at radius 1 is 1.48 bits per heavy atom. The van der Waals surface area contributed by atoms with Crippen LogP contribution >= 0.6 is 0 Å². The van der Waals surface area contributed by atoms with Crippen LogP contribution in [-0.2, 0) is 29.1 Å². The van der Waals surface area contributed by atoms with Crippen LogP contribution in [0.5, 0.6) is 0 Å². The Labute approximate surface area is 121 Å². The van der Waals surface area contributed by atoms with Gasteiger partial charge in [-0.1, -0.05) is 6.58 Å². The first-order valence-electron chi connectivity index (χ1n) is 6.59. The molecule has 21 heavy (non-hydrogen) atoms. The highest BCUT2D eigenvalue weighted by Gasteiger charge is 2.65. The molecule has 3 heterocycles. The zero-order valence-corrected chi connectivity index (χ0v) is 12.2. The van der Waals surface area contributed by atoms with Crippen molar-refractivity contribution in [2.24, 2.45) is 0 Å². The van der Waals surface area contributed by atoms with E-state index in [0.717, 1.165) is 0 Å². The molecule has 0 aromatic rings. The molecule has 9 heteroatoms. The van der Waals surface area contributed by atoms with E-state index in [0.29, 0.717) is 6.42 Å². The third-order valence-corrected chi connectivity index (χ3v) is 5.84. The predicted molar refractivity (Wildman–Crippen MR) is 70.6 cm³/mol. The minimum atomic E-state index is -3.38. The van der Waals surface area contributed by atoms with Crippen molar-refractivity contribution in [3.63, 3.8) is 0 Å². The molecule has 3 saturated heterocycles. The molecule has 3 aliphatic heterocycles. The molecule has 0 radical (unpaired) electrons. The summed E-state index contributed by atoms with van der Waals surface area (Å²) in [7, 11) is -3.38. The maximum absolute atomic E-state index is 11.8. The van der Waals surface area contributed by atoms with Gasteiger partial charge in [-0.15, -0.1) is 0 Å². The summed E-state index contributed by atoms with van der Waals surface area (Å²) in [6.45, 7) is 4.69. The van der Waals surface area contributed by atoms with Crippen molar-refractivity contribution in [2.75, 3.05) is 6.54 Å². The van der Waals surface area contributed by atoms with Crippen LogP contribution in [0.25, 0.3) is 0 Å². The number of fused-ring (bicyclic) bond motifs is 1. The van der Waals surface area contributed by atoms with Gasteiger partial charge in [0.1, 0.15) is 17.9 Å². The smallest absolute Gasteiger partial charge is 0.325 e. The van der Waals surface area contributed by atoms with Crippen molar-refractivity contribution in [3.8, 4) is 0 Å². The largest absolute Gasteiger partial charge is 0.456 e. The number of hydrogen-bond donors (Lipinski definition) is 2. The van der Waals surface area contributed by atoms with E-state index in [2.05, 4.69) is 16.6 Å². The summed E-state index contributed by atoms with van der Waals surface area (Å²) in [4.78, 5) is 23.0. The third-order valence-electron chi connectivity index (χ3n) is 3.98. The average molecular weight is 316 g/mol. The molecule has 0 spiro atoms. The van der Waals surface area contributed by atoms with Gasteiger partial charge in [0.05, 0.1) is 18.2 Å². The van der Waals surface area contributed by atoms with Crippen LogP contribution in [0.3, 0.4) is 0 Å². The molecule has 116 valence electrons. The minimum absolute atomic E-state index is 0.289. The maximum atomic E-state index is 11.8. The van der Waals surface area contributed by atoms with Gasteiger partial charge in [-0.25, -0.2) is 13.1 Å². The second-order valence-electron chi connectivity index (χ2n) is 5.52. The molecular weight excluding hydrogens is 300 g/mol. The van der Waals surface area contributed by atoms with E-state index in [9.17, 15) is 18.0 Å². The standard InChI is InChI=1S/C12H16N2O6S/c1-5(2)12(16)13-4-8(15)20-10-6-3-7-11(19-6)9(10)14-21(7,17)18/h6-7,9-11,14H,1,3-4H2,2H3,(H,13,16). The van der Waals surface area contributed by atoms with Crippen LogP contribution in [0, 0.1) is 0 Å². The molecule has 3 aliphatic rings. The van der Waals surface area contributed by atoms with Gasteiger partial charge < -0.3 is 14.8 Å². The molecule has 3 rings (SSSR count). The number of ether oxygens (including phenoxy) is 2. The summed E-state index contributed by atoms with van der Waals surface area (Å²) in [5, 5.41) is 1.82. The first kappa shape index (κ1) is 14.5. The lowest BCUT2D eigenvalue weighted by atomic mass is 9.93. The summed E-state index contributed by atoms with van der Waals surface area (Å²) in [5.41, 5.74) is 0.289. The van der Waals surface area contributed by atoms with E-state index >= 15 is 0 Å². The van der Waals surface area contributed by atoms with E-state index < -0.39 is 51.5 Å². The number of rotatable bonds is 4. The fraction of sp³-hybridized carbons (Fsp3) is 0.667. The van der Waals surface area contributed by atoms with Gasteiger partial charge in [-0.3, -0.25) is 9.59 Å². The van der Waals surface area contributed by atoms with Crippen molar-refractivity contribution in [1.29, 1.82) is 0 Å². The van der Waals surface area contributed by atoms with Crippen LogP contribution in [-0.4, -0.2) is 56.4 Å². The molecule has 2 N–H and O–H groups in total. The summed E-state index contributed by atoms with van der Waals surface area (Å²) < 4.78 is 36.9. The van der Waals surface area contributed by atoms with Crippen LogP contribution in [0.4, 0.5) is 0 Å². The monoisotopic (exact) mass is 316 g/mol. The lowest BCUT2D eigenvalue weighted by Gasteiger charge is -2.22. The van der Waals surface area contributed by atoms with E-state index in [4.69, 9.17) is 9.47 Å². The molecule has 2 bridgehead atoms. The number of amides is 1. The van der Waals surface area contributed by atoms with Crippen molar-refractivity contribution < 1.29 is 27.5 Å². The fourth-order valence-electron chi connectivity index (χ4n) is 3.01. The van der Waals surface area contributed by atoms with Crippen molar-refractivity contribution in [2.45, 2.75) is 42.9 Å². The zero-order valence-electron chi connectivity index (χ0n) is 11.4. The highest BCUT2D eigenvalue weighted by atomic mass is 32.2. The number of carbonyl (C=O) groups is 2. The normalized spacial score (nSPS) is 38.2. The minimum Gasteiger partial charge on any atom is -0.456 e. The number of nitrogens with one attached hydrogen (secondary N) is 2. The van der Waals surface area contributed by atoms with E-state index in [1.54, 1.807) is 0 Å². The van der Waals surface area contributed by atoms with Gasteiger partial charge in [0.2, 0.25) is 15.9 Å². The number of carbonyl (C=O) groups excluding carboxylic acids is 2. The van der Waals surface area contributed by atoms with Crippen LogP contribution in [0.2, 0.25) is 0 Å². The van der Waals surface area contributed by atoms with Crippen LogP contribution < -0.4 is 10.0 Å². The molecular formula is C12H16N2O6S. The lowest BCUT2D eigenvalue weighted by Crippen LogP contribution is -2.46. The molecule has 1 amide bonds. The molecule has 5 atom stereocenters. The van der Waals surface area contributed by atoms with Gasteiger partial charge in [-0.2, -0.15) is 0 Å². The second kappa shape index (κ2) is 4.79. The predicted octanol–water partition coefficient (Wildman–Crippen LogP) is -1.57. The Balaban J connectivity index is 1.59. The third kappa shape index (κ3) is 2.34. The van der Waals surface area contributed by atoms with E-state index in [1.807, 2.05) is 0 Å². The SMILES string of the molecule is C=C(C)C(=O)NCC(=O)OC1C2CC3C(O2)C1NS3(=O)=O. The molecule has 0 aliphatic carbocycles.